The minimum absolute atomic E-state index is 0.330. The van der Waals surface area contributed by atoms with Crippen molar-refractivity contribution in [3.05, 3.63) is 0 Å². The Labute approximate surface area is 74.6 Å². The van der Waals surface area contributed by atoms with Crippen LogP contribution in [0.2, 0.25) is 0 Å². The number of nitrogens with one attached hydrogen (secondary N) is 1. The maximum absolute atomic E-state index is 5.34. The first kappa shape index (κ1) is 11.4. The summed E-state index contributed by atoms with van der Waals surface area (Å²) in [6.07, 6.45) is 8.91. The fraction of sp³-hybridized carbons (Fsp3) is 0.778. The third-order valence-corrected chi connectivity index (χ3v) is 1.77. The van der Waals surface area contributed by atoms with E-state index in [1.807, 2.05) is 0 Å². The largest absolute Gasteiger partial charge is 0.385 e. The Balaban J connectivity index is 3.34. The average Bonchev–Trinajstić information content (AvgIpc) is 2.11. The van der Waals surface area contributed by atoms with Crippen LogP contribution in [-0.4, -0.2) is 19.8 Å². The van der Waals surface area contributed by atoms with Crippen molar-refractivity contribution in [3.8, 4) is 12.3 Å². The molecule has 3 N–H and O–H groups in total. The van der Waals surface area contributed by atoms with Gasteiger partial charge in [0.15, 0.2) is 0 Å². The Kier molecular flexibility index (Phi) is 8.14. The van der Waals surface area contributed by atoms with Crippen molar-refractivity contribution in [2.24, 2.45) is 5.84 Å². The van der Waals surface area contributed by atoms with E-state index in [2.05, 4.69) is 11.3 Å². The van der Waals surface area contributed by atoms with Gasteiger partial charge in [0.25, 0.3) is 0 Å². The highest BCUT2D eigenvalue weighted by Crippen LogP contribution is 2.03. The molecule has 0 fully saturated rings. The van der Waals surface area contributed by atoms with Gasteiger partial charge in [-0.15, -0.1) is 12.3 Å². The molecule has 0 radical (unpaired) electrons. The summed E-state index contributed by atoms with van der Waals surface area (Å²) in [6, 6.07) is 0.330. The maximum Gasteiger partial charge on any atom is 0.0462 e. The molecule has 0 aromatic carbocycles. The van der Waals surface area contributed by atoms with E-state index in [0.29, 0.717) is 6.04 Å². The summed E-state index contributed by atoms with van der Waals surface area (Å²) in [7, 11) is 1.70. The van der Waals surface area contributed by atoms with E-state index in [0.717, 1.165) is 32.3 Å². The molecular formula is C9H18N2O. The second-order valence-electron chi connectivity index (χ2n) is 2.74. The highest BCUT2D eigenvalue weighted by Gasteiger charge is 2.03. The fourth-order valence-electron chi connectivity index (χ4n) is 1.04. The lowest BCUT2D eigenvalue weighted by atomic mass is 10.1. The molecule has 3 nitrogen and oxygen atoms in total. The minimum atomic E-state index is 0.330. The zero-order valence-electron chi connectivity index (χ0n) is 7.68. The lowest BCUT2D eigenvalue weighted by Crippen LogP contribution is -2.35. The molecule has 0 bridgehead atoms. The van der Waals surface area contributed by atoms with Crippen LogP contribution in [0.25, 0.3) is 0 Å². The van der Waals surface area contributed by atoms with Gasteiger partial charge in [0.05, 0.1) is 0 Å². The van der Waals surface area contributed by atoms with Gasteiger partial charge in [-0.25, -0.2) is 0 Å². The zero-order chi connectivity index (χ0) is 9.23. The molecule has 0 spiro atoms. The normalized spacial score (nSPS) is 12.4. The quantitative estimate of drug-likeness (QED) is 0.255. The first-order valence-electron chi connectivity index (χ1n) is 4.23. The summed E-state index contributed by atoms with van der Waals surface area (Å²) < 4.78 is 4.93. The van der Waals surface area contributed by atoms with E-state index in [1.54, 1.807) is 7.11 Å². The van der Waals surface area contributed by atoms with E-state index >= 15 is 0 Å². The van der Waals surface area contributed by atoms with E-state index in [4.69, 9.17) is 17.0 Å². The number of methoxy groups -OCH3 is 1. The van der Waals surface area contributed by atoms with Crippen LogP contribution in [0.1, 0.15) is 25.7 Å². The molecule has 0 rings (SSSR count). The second-order valence-corrected chi connectivity index (χ2v) is 2.74. The van der Waals surface area contributed by atoms with Crippen molar-refractivity contribution in [1.29, 1.82) is 0 Å². The smallest absolute Gasteiger partial charge is 0.0462 e. The fourth-order valence-corrected chi connectivity index (χ4v) is 1.04. The molecule has 1 atom stereocenters. The molecule has 1 unspecified atom stereocenters. The summed E-state index contributed by atoms with van der Waals surface area (Å²) in [5.41, 5.74) is 2.74. The topological polar surface area (TPSA) is 47.3 Å². The Hall–Kier alpha value is -0.560. The van der Waals surface area contributed by atoms with Crippen molar-refractivity contribution in [1.82, 2.24) is 5.43 Å². The van der Waals surface area contributed by atoms with Crippen LogP contribution in [0.15, 0.2) is 0 Å². The predicted molar refractivity (Wildman–Crippen MR) is 50.3 cm³/mol. The third kappa shape index (κ3) is 6.17. The van der Waals surface area contributed by atoms with Gasteiger partial charge in [-0.2, -0.15) is 0 Å². The summed E-state index contributed by atoms with van der Waals surface area (Å²) in [6.45, 7) is 0.786. The van der Waals surface area contributed by atoms with Crippen molar-refractivity contribution in [2.75, 3.05) is 13.7 Å². The van der Waals surface area contributed by atoms with Crippen LogP contribution in [0.5, 0.6) is 0 Å². The number of hydrazine groups is 1. The van der Waals surface area contributed by atoms with Gasteiger partial charge in [-0.3, -0.25) is 11.3 Å². The van der Waals surface area contributed by atoms with Crippen molar-refractivity contribution in [3.63, 3.8) is 0 Å². The molecule has 0 amide bonds. The van der Waals surface area contributed by atoms with Gasteiger partial charge in [0.1, 0.15) is 0 Å². The first-order chi connectivity index (χ1) is 5.85. The van der Waals surface area contributed by atoms with Gasteiger partial charge in [0.2, 0.25) is 0 Å². The molecule has 0 aromatic rings. The van der Waals surface area contributed by atoms with E-state index in [-0.39, 0.29) is 0 Å². The highest BCUT2D eigenvalue weighted by molar-refractivity contribution is 4.85. The van der Waals surface area contributed by atoms with Gasteiger partial charge in [0, 0.05) is 26.2 Å². The molecule has 0 aliphatic rings. The summed E-state index contributed by atoms with van der Waals surface area (Å²) in [5.74, 6) is 7.93. The average molecular weight is 170 g/mol. The van der Waals surface area contributed by atoms with Crippen LogP contribution in [0, 0.1) is 12.3 Å². The Morgan fingerprint density at radius 1 is 1.58 bits per heavy atom. The van der Waals surface area contributed by atoms with E-state index in [1.165, 1.54) is 0 Å². The number of hydrogen-bond acceptors (Lipinski definition) is 3. The summed E-state index contributed by atoms with van der Waals surface area (Å²) >= 11 is 0. The molecule has 0 saturated heterocycles. The molecule has 0 aliphatic carbocycles. The molecule has 12 heavy (non-hydrogen) atoms. The minimum Gasteiger partial charge on any atom is -0.385 e. The highest BCUT2D eigenvalue weighted by atomic mass is 16.5. The number of rotatable bonds is 7. The SMILES string of the molecule is C#CCCC(CCCOC)NN. The third-order valence-electron chi connectivity index (χ3n) is 1.77. The molecule has 0 aliphatic heterocycles. The maximum atomic E-state index is 5.34. The van der Waals surface area contributed by atoms with Gasteiger partial charge in [-0.1, -0.05) is 0 Å². The van der Waals surface area contributed by atoms with Crippen molar-refractivity contribution >= 4 is 0 Å². The van der Waals surface area contributed by atoms with Crippen LogP contribution >= 0.6 is 0 Å². The molecule has 0 saturated carbocycles. The standard InChI is InChI=1S/C9H18N2O/c1-3-4-6-9(11-10)7-5-8-12-2/h1,9,11H,4-8,10H2,2H3. The Morgan fingerprint density at radius 2 is 2.33 bits per heavy atom. The molecule has 70 valence electrons. The second kappa shape index (κ2) is 8.54. The van der Waals surface area contributed by atoms with Crippen molar-refractivity contribution in [2.45, 2.75) is 31.7 Å². The summed E-state index contributed by atoms with van der Waals surface area (Å²) in [5, 5.41) is 0. The van der Waals surface area contributed by atoms with E-state index < -0.39 is 0 Å². The monoisotopic (exact) mass is 170 g/mol. The van der Waals surface area contributed by atoms with Gasteiger partial charge in [-0.05, 0) is 19.3 Å². The predicted octanol–water partition coefficient (Wildman–Crippen LogP) is 0.658. The number of terminal acetylenes is 1. The van der Waals surface area contributed by atoms with E-state index in [9.17, 15) is 0 Å². The van der Waals surface area contributed by atoms with Crippen LogP contribution < -0.4 is 11.3 Å². The van der Waals surface area contributed by atoms with Crippen LogP contribution in [0.4, 0.5) is 0 Å². The lowest BCUT2D eigenvalue weighted by molar-refractivity contribution is 0.188. The number of ether oxygens (including phenoxy) is 1. The van der Waals surface area contributed by atoms with Crippen molar-refractivity contribution < 1.29 is 4.74 Å². The van der Waals surface area contributed by atoms with Gasteiger partial charge < -0.3 is 4.74 Å². The Bertz CT molecular complexity index is 131. The lowest BCUT2D eigenvalue weighted by Gasteiger charge is -2.13. The van der Waals surface area contributed by atoms with Gasteiger partial charge >= 0.3 is 0 Å². The van der Waals surface area contributed by atoms with Crippen LogP contribution in [-0.2, 0) is 4.74 Å². The molecular weight excluding hydrogens is 152 g/mol. The molecule has 0 aromatic heterocycles. The number of hydrogen-bond donors (Lipinski definition) is 2. The zero-order valence-corrected chi connectivity index (χ0v) is 7.68. The Morgan fingerprint density at radius 3 is 2.83 bits per heavy atom. The molecule has 0 heterocycles. The molecule has 3 heteroatoms. The van der Waals surface area contributed by atoms with Crippen LogP contribution in [0.3, 0.4) is 0 Å². The first-order valence-corrected chi connectivity index (χ1v) is 4.23. The number of nitrogens with two attached hydrogens (primary N) is 1. The summed E-state index contributed by atoms with van der Waals surface area (Å²) in [4.78, 5) is 0.